The van der Waals surface area contributed by atoms with Crippen LogP contribution in [0.3, 0.4) is 0 Å². The van der Waals surface area contributed by atoms with Crippen molar-refractivity contribution in [3.63, 3.8) is 0 Å². The molecule has 0 radical (unpaired) electrons. The van der Waals surface area contributed by atoms with Crippen molar-refractivity contribution in [1.29, 1.82) is 0 Å². The fourth-order valence-corrected chi connectivity index (χ4v) is 3.93. The van der Waals surface area contributed by atoms with E-state index in [-0.39, 0.29) is 12.1 Å². The number of amides is 2. The first-order chi connectivity index (χ1) is 18.7. The number of carboxylic acids is 2. The van der Waals surface area contributed by atoms with Crippen LogP contribution in [0, 0.1) is 0 Å². The Morgan fingerprint density at radius 2 is 1.57 bits per heavy atom. The number of likely N-dealkylation sites (tertiary alicyclic amines) is 1. The van der Waals surface area contributed by atoms with Gasteiger partial charge in [0, 0.05) is 57.9 Å². The number of carbonyl (C=O) groups excluding carboxylic acids is 1. The number of aromatic nitrogens is 3. The van der Waals surface area contributed by atoms with Gasteiger partial charge in [-0.3, -0.25) is 14.6 Å². The monoisotopic (exact) mass is 582 g/mol. The van der Waals surface area contributed by atoms with Crippen molar-refractivity contribution in [2.75, 3.05) is 26.2 Å². The number of pyridine rings is 1. The highest BCUT2D eigenvalue weighted by Crippen LogP contribution is 2.24. The molecule has 0 aromatic carbocycles. The van der Waals surface area contributed by atoms with Crippen LogP contribution >= 0.6 is 0 Å². The smallest absolute Gasteiger partial charge is 0.475 e. The second-order valence-electron chi connectivity index (χ2n) is 8.77. The van der Waals surface area contributed by atoms with E-state index in [0.29, 0.717) is 6.54 Å². The van der Waals surface area contributed by atoms with E-state index >= 15 is 0 Å². The van der Waals surface area contributed by atoms with Gasteiger partial charge in [0.1, 0.15) is 0 Å². The van der Waals surface area contributed by atoms with Crippen molar-refractivity contribution in [2.24, 2.45) is 0 Å². The minimum absolute atomic E-state index is 0.0752. The molecular formula is C23H28F6N6O5. The van der Waals surface area contributed by atoms with Crippen LogP contribution in [0.4, 0.5) is 31.1 Å². The molecule has 2 amide bonds. The first-order valence-corrected chi connectivity index (χ1v) is 11.9. The molecule has 1 saturated heterocycles. The minimum atomic E-state index is -5.08. The average molecular weight is 583 g/mol. The number of halogens is 6. The van der Waals surface area contributed by atoms with E-state index in [1.165, 1.54) is 11.3 Å². The van der Waals surface area contributed by atoms with Gasteiger partial charge in [0.25, 0.3) is 0 Å². The molecule has 4 rings (SSSR count). The van der Waals surface area contributed by atoms with E-state index in [4.69, 9.17) is 19.8 Å². The highest BCUT2D eigenvalue weighted by molar-refractivity contribution is 5.74. The lowest BCUT2D eigenvalue weighted by Crippen LogP contribution is -2.41. The van der Waals surface area contributed by atoms with Gasteiger partial charge in [-0.15, -0.1) is 0 Å². The standard InChI is InChI=1S/C19H26N6O.2C2HF3O2/c26-19(24-10-1-2-11-24)21-8-5-17-14-23(13-16-4-3-7-20-12-16)15-18-6-9-22-25(17)18;2*3-2(4,5)1(6)7/h3-4,6-7,9,12,17H,1-2,5,8,10-11,13-15H2,(H,21,26);2*(H,6,7). The van der Waals surface area contributed by atoms with Crippen LogP contribution in [-0.4, -0.2) is 91.3 Å². The second-order valence-corrected chi connectivity index (χ2v) is 8.77. The maximum atomic E-state index is 12.2. The van der Waals surface area contributed by atoms with Crippen LogP contribution in [-0.2, 0) is 22.7 Å². The summed E-state index contributed by atoms with van der Waals surface area (Å²) in [5.41, 5.74) is 2.46. The van der Waals surface area contributed by atoms with Gasteiger partial charge in [-0.1, -0.05) is 6.07 Å². The number of nitrogens with one attached hydrogen (secondary N) is 1. The summed E-state index contributed by atoms with van der Waals surface area (Å²) in [4.78, 5) is 38.5. The van der Waals surface area contributed by atoms with Crippen LogP contribution in [0.5, 0.6) is 0 Å². The van der Waals surface area contributed by atoms with Gasteiger partial charge in [0.2, 0.25) is 0 Å². The summed E-state index contributed by atoms with van der Waals surface area (Å²) in [6.45, 7) is 5.17. The minimum Gasteiger partial charge on any atom is -0.475 e. The maximum absolute atomic E-state index is 12.2. The summed E-state index contributed by atoms with van der Waals surface area (Å²) < 4.78 is 65.6. The summed E-state index contributed by atoms with van der Waals surface area (Å²) in [5.74, 6) is -5.51. The Bertz CT molecular complexity index is 1080. The molecule has 0 bridgehead atoms. The van der Waals surface area contributed by atoms with Gasteiger partial charge in [-0.2, -0.15) is 31.4 Å². The van der Waals surface area contributed by atoms with Crippen LogP contribution in [0.1, 0.15) is 36.6 Å². The van der Waals surface area contributed by atoms with E-state index in [1.54, 1.807) is 6.20 Å². The number of carboxylic acid groups (broad SMARTS) is 2. The zero-order valence-electron chi connectivity index (χ0n) is 21.0. The van der Waals surface area contributed by atoms with E-state index in [9.17, 15) is 31.1 Å². The number of rotatable bonds is 5. The van der Waals surface area contributed by atoms with Crippen molar-refractivity contribution in [3.8, 4) is 0 Å². The lowest BCUT2D eigenvalue weighted by molar-refractivity contribution is -0.193. The molecule has 2 aliphatic rings. The van der Waals surface area contributed by atoms with Crippen molar-refractivity contribution in [3.05, 3.63) is 48.0 Å². The number of nitrogens with zero attached hydrogens (tertiary/aromatic N) is 5. The van der Waals surface area contributed by atoms with Crippen molar-refractivity contribution in [2.45, 2.75) is 50.7 Å². The lowest BCUT2D eigenvalue weighted by Gasteiger charge is -2.34. The molecule has 17 heteroatoms. The largest absolute Gasteiger partial charge is 0.490 e. The Labute approximate surface area is 224 Å². The molecule has 1 fully saturated rings. The molecule has 2 aliphatic heterocycles. The van der Waals surface area contributed by atoms with Gasteiger partial charge < -0.3 is 20.4 Å². The molecule has 0 saturated carbocycles. The molecule has 2 aromatic heterocycles. The van der Waals surface area contributed by atoms with Gasteiger partial charge in [-0.05, 0) is 37.0 Å². The van der Waals surface area contributed by atoms with Crippen LogP contribution in [0.2, 0.25) is 0 Å². The zero-order valence-corrected chi connectivity index (χ0v) is 21.0. The third-order valence-electron chi connectivity index (χ3n) is 5.71. The lowest BCUT2D eigenvalue weighted by atomic mass is 10.1. The SMILES string of the molecule is O=C(NCCC1CN(Cc2cccnc2)Cc2ccnn21)N1CCCC1.O=C(O)C(F)(F)F.O=C(O)C(F)(F)F. The summed E-state index contributed by atoms with van der Waals surface area (Å²) in [6.07, 6.45) is -1.43. The summed E-state index contributed by atoms with van der Waals surface area (Å²) in [5, 5.41) is 21.8. The van der Waals surface area contributed by atoms with Crippen LogP contribution in [0.15, 0.2) is 36.8 Å². The third-order valence-corrected chi connectivity index (χ3v) is 5.71. The number of urea groups is 1. The molecule has 1 atom stereocenters. The van der Waals surface area contributed by atoms with Gasteiger partial charge in [0.05, 0.1) is 11.7 Å². The normalized spacial score (nSPS) is 17.1. The Hall–Kier alpha value is -3.89. The second kappa shape index (κ2) is 14.5. The molecule has 2 aromatic rings. The molecular weight excluding hydrogens is 554 g/mol. The highest BCUT2D eigenvalue weighted by atomic mass is 19.4. The molecule has 222 valence electrons. The Balaban J connectivity index is 0.000000333. The van der Waals surface area contributed by atoms with E-state index in [1.807, 2.05) is 23.4 Å². The van der Waals surface area contributed by atoms with E-state index < -0.39 is 24.3 Å². The van der Waals surface area contributed by atoms with Crippen molar-refractivity contribution in [1.82, 2.24) is 29.9 Å². The number of fused-ring (bicyclic) bond motifs is 1. The van der Waals surface area contributed by atoms with Gasteiger partial charge in [-0.25, -0.2) is 14.4 Å². The fraction of sp³-hybridized carbons (Fsp3) is 0.522. The zero-order chi connectivity index (χ0) is 29.9. The topological polar surface area (TPSA) is 141 Å². The Kier molecular flexibility index (Phi) is 11.7. The molecule has 3 N–H and O–H groups in total. The molecule has 11 nitrogen and oxygen atoms in total. The summed E-state index contributed by atoms with van der Waals surface area (Å²) in [6, 6.07) is 6.54. The maximum Gasteiger partial charge on any atom is 0.490 e. The molecule has 0 spiro atoms. The van der Waals surface area contributed by atoms with E-state index in [0.717, 1.165) is 52.0 Å². The number of carbonyl (C=O) groups is 3. The van der Waals surface area contributed by atoms with Crippen LogP contribution in [0.25, 0.3) is 0 Å². The van der Waals surface area contributed by atoms with E-state index in [2.05, 4.69) is 37.1 Å². The Morgan fingerprint density at radius 3 is 2.10 bits per heavy atom. The first-order valence-electron chi connectivity index (χ1n) is 11.9. The number of hydrogen-bond donors (Lipinski definition) is 3. The van der Waals surface area contributed by atoms with Crippen LogP contribution < -0.4 is 5.32 Å². The molecule has 40 heavy (non-hydrogen) atoms. The third kappa shape index (κ3) is 10.7. The summed E-state index contributed by atoms with van der Waals surface area (Å²) in [7, 11) is 0. The fourth-order valence-electron chi connectivity index (χ4n) is 3.93. The number of alkyl halides is 6. The predicted octanol–water partition coefficient (Wildman–Crippen LogP) is 3.30. The molecule has 1 unspecified atom stereocenters. The highest BCUT2D eigenvalue weighted by Gasteiger charge is 2.38. The molecule has 0 aliphatic carbocycles. The van der Waals surface area contributed by atoms with Crippen molar-refractivity contribution < 1.29 is 50.9 Å². The van der Waals surface area contributed by atoms with Gasteiger partial charge in [0.15, 0.2) is 0 Å². The number of aliphatic carboxylic acids is 2. The number of hydrogen-bond acceptors (Lipinski definition) is 6. The summed E-state index contributed by atoms with van der Waals surface area (Å²) >= 11 is 0. The van der Waals surface area contributed by atoms with Gasteiger partial charge >= 0.3 is 30.3 Å². The Morgan fingerprint density at radius 1 is 0.975 bits per heavy atom. The average Bonchev–Trinajstić information content (AvgIpc) is 3.57. The predicted molar refractivity (Wildman–Crippen MR) is 126 cm³/mol. The molecule has 4 heterocycles. The van der Waals surface area contributed by atoms with Crippen molar-refractivity contribution >= 4 is 18.0 Å². The first kappa shape index (κ1) is 32.3. The quantitative estimate of drug-likeness (QED) is 0.457.